The monoisotopic (exact) mass is 479 g/mol. The minimum absolute atomic E-state index is 0.00989. The Bertz CT molecular complexity index is 1380. The number of hydrogen-bond donors (Lipinski definition) is 2. The number of nitrogens with zero attached hydrogens (tertiary/aromatic N) is 3. The van der Waals surface area contributed by atoms with Crippen LogP contribution in [0.25, 0.3) is 0 Å². The Balaban J connectivity index is 1.37. The van der Waals surface area contributed by atoms with Gasteiger partial charge in [-0.1, -0.05) is 30.3 Å². The van der Waals surface area contributed by atoms with Gasteiger partial charge in [0, 0.05) is 17.4 Å². The molecule has 4 aromatic rings. The first kappa shape index (κ1) is 22.9. The topological polar surface area (TPSA) is 136 Å². The first-order valence-electron chi connectivity index (χ1n) is 10.2. The highest BCUT2D eigenvalue weighted by molar-refractivity contribution is 7.92. The molecule has 34 heavy (non-hydrogen) atoms. The highest BCUT2D eigenvalue weighted by Crippen LogP contribution is 2.19. The summed E-state index contributed by atoms with van der Waals surface area (Å²) in [5, 5.41) is 6.36. The third kappa shape index (κ3) is 5.75. The molecule has 0 fully saturated rings. The summed E-state index contributed by atoms with van der Waals surface area (Å²) in [5.74, 6) is 0.213. The summed E-state index contributed by atoms with van der Waals surface area (Å²) >= 11 is 0. The molecule has 0 spiro atoms. The van der Waals surface area contributed by atoms with Gasteiger partial charge in [-0.15, -0.1) is 0 Å². The summed E-state index contributed by atoms with van der Waals surface area (Å²) < 4.78 is 38.3. The minimum atomic E-state index is -3.87. The molecule has 0 radical (unpaired) electrons. The lowest BCUT2D eigenvalue weighted by molar-refractivity contribution is 0.0987. The van der Waals surface area contributed by atoms with Crippen LogP contribution >= 0.6 is 0 Å². The van der Waals surface area contributed by atoms with Crippen molar-refractivity contribution in [1.82, 2.24) is 15.1 Å². The van der Waals surface area contributed by atoms with E-state index in [1.54, 1.807) is 13.8 Å². The predicted octanol–water partition coefficient (Wildman–Crippen LogP) is 3.71. The van der Waals surface area contributed by atoms with Crippen LogP contribution < -0.4 is 14.8 Å². The second-order valence-corrected chi connectivity index (χ2v) is 9.01. The molecule has 0 aliphatic rings. The number of carbonyl (C=O) groups excluding carboxylic acids is 1. The first-order valence-corrected chi connectivity index (χ1v) is 11.7. The molecule has 0 unspecified atom stereocenters. The molecule has 2 heterocycles. The number of benzene rings is 2. The molecule has 0 atom stereocenters. The van der Waals surface area contributed by atoms with Gasteiger partial charge >= 0.3 is 0 Å². The average molecular weight is 480 g/mol. The van der Waals surface area contributed by atoms with Crippen molar-refractivity contribution in [2.75, 3.05) is 10.0 Å². The number of ether oxygens (including phenoxy) is 1. The largest absolute Gasteiger partial charge is 0.471 e. The second kappa shape index (κ2) is 9.71. The molecule has 2 N–H and O–H groups in total. The van der Waals surface area contributed by atoms with Crippen molar-refractivity contribution in [2.45, 2.75) is 25.3 Å². The molecular formula is C23H21N5O5S. The molecule has 2 aromatic heterocycles. The standard InChI is InChI=1S/C23H21N5O5S/c1-15-12-21(25-16(2)24-15)28-34(30,31)19-10-8-18(9-11-19)26-23(29)20-13-22(27-33-20)32-14-17-6-4-3-5-7-17/h3-13H,14H2,1-2H3,(H,26,29)(H,24,25,28). The number of aryl methyl sites for hydroxylation is 2. The first-order chi connectivity index (χ1) is 16.3. The van der Waals surface area contributed by atoms with Crippen LogP contribution in [0.4, 0.5) is 11.5 Å². The number of sulfonamides is 1. The third-order valence-corrected chi connectivity index (χ3v) is 5.94. The van der Waals surface area contributed by atoms with Crippen LogP contribution in [0.2, 0.25) is 0 Å². The van der Waals surface area contributed by atoms with Gasteiger partial charge in [0.1, 0.15) is 18.2 Å². The minimum Gasteiger partial charge on any atom is -0.471 e. The molecule has 4 rings (SSSR count). The molecular weight excluding hydrogens is 458 g/mol. The van der Waals surface area contributed by atoms with Crippen LogP contribution in [0.15, 0.2) is 76.1 Å². The predicted molar refractivity (Wildman–Crippen MR) is 124 cm³/mol. The number of amides is 1. The highest BCUT2D eigenvalue weighted by atomic mass is 32.2. The number of carbonyl (C=O) groups is 1. The summed E-state index contributed by atoms with van der Waals surface area (Å²) in [6, 6.07) is 18.1. The van der Waals surface area contributed by atoms with Gasteiger partial charge in [0.2, 0.25) is 5.76 Å². The van der Waals surface area contributed by atoms with E-state index in [1.165, 1.54) is 36.4 Å². The molecule has 0 saturated heterocycles. The quantitative estimate of drug-likeness (QED) is 0.390. The van der Waals surface area contributed by atoms with Crippen LogP contribution in [0.3, 0.4) is 0 Å². The molecule has 0 bridgehead atoms. The molecule has 2 aromatic carbocycles. The Hall–Kier alpha value is -4.25. The summed E-state index contributed by atoms with van der Waals surface area (Å²) in [7, 11) is -3.87. The maximum absolute atomic E-state index is 12.6. The maximum Gasteiger partial charge on any atom is 0.294 e. The molecule has 174 valence electrons. The Morgan fingerprint density at radius 2 is 1.74 bits per heavy atom. The zero-order chi connectivity index (χ0) is 24.1. The van der Waals surface area contributed by atoms with Gasteiger partial charge in [-0.25, -0.2) is 18.4 Å². The summed E-state index contributed by atoms with van der Waals surface area (Å²) in [4.78, 5) is 20.7. The SMILES string of the molecule is Cc1cc(NS(=O)(=O)c2ccc(NC(=O)c3cc(OCc4ccccc4)no3)cc2)nc(C)n1. The van der Waals surface area contributed by atoms with E-state index >= 15 is 0 Å². The molecule has 10 nitrogen and oxygen atoms in total. The van der Waals surface area contributed by atoms with Crippen LogP contribution in [-0.2, 0) is 16.6 Å². The Morgan fingerprint density at radius 1 is 1.00 bits per heavy atom. The molecule has 1 amide bonds. The van der Waals surface area contributed by atoms with Crippen molar-refractivity contribution < 1.29 is 22.5 Å². The lowest BCUT2D eigenvalue weighted by atomic mass is 10.2. The third-order valence-electron chi connectivity index (χ3n) is 4.57. The highest BCUT2D eigenvalue weighted by Gasteiger charge is 2.17. The Kier molecular flexibility index (Phi) is 6.55. The fourth-order valence-corrected chi connectivity index (χ4v) is 4.03. The van der Waals surface area contributed by atoms with Crippen molar-refractivity contribution >= 4 is 27.4 Å². The van der Waals surface area contributed by atoms with E-state index in [2.05, 4.69) is 25.2 Å². The van der Waals surface area contributed by atoms with Crippen molar-refractivity contribution in [3.8, 4) is 5.88 Å². The van der Waals surface area contributed by atoms with Gasteiger partial charge in [-0.3, -0.25) is 9.52 Å². The summed E-state index contributed by atoms with van der Waals surface area (Å²) in [5.41, 5.74) is 1.97. The van der Waals surface area contributed by atoms with Gasteiger partial charge in [0.15, 0.2) is 0 Å². The average Bonchev–Trinajstić information content (AvgIpc) is 3.27. The van der Waals surface area contributed by atoms with E-state index < -0.39 is 15.9 Å². The van der Waals surface area contributed by atoms with Crippen LogP contribution in [0.1, 0.15) is 27.6 Å². The number of anilines is 2. The van der Waals surface area contributed by atoms with Crippen LogP contribution in [-0.4, -0.2) is 29.4 Å². The zero-order valence-corrected chi connectivity index (χ0v) is 19.2. The van der Waals surface area contributed by atoms with E-state index in [9.17, 15) is 13.2 Å². The summed E-state index contributed by atoms with van der Waals surface area (Å²) in [6.45, 7) is 3.71. The lowest BCUT2D eigenvalue weighted by Gasteiger charge is -2.09. The second-order valence-electron chi connectivity index (χ2n) is 7.33. The Labute approximate surface area is 196 Å². The maximum atomic E-state index is 12.6. The van der Waals surface area contributed by atoms with E-state index in [0.717, 1.165) is 5.56 Å². The van der Waals surface area contributed by atoms with Crippen molar-refractivity contribution in [3.05, 3.63) is 89.6 Å². The van der Waals surface area contributed by atoms with E-state index in [0.29, 0.717) is 17.2 Å². The molecule has 0 aliphatic heterocycles. The number of aromatic nitrogens is 3. The van der Waals surface area contributed by atoms with Gasteiger partial charge in [0.05, 0.1) is 11.0 Å². The van der Waals surface area contributed by atoms with Crippen LogP contribution in [0.5, 0.6) is 5.88 Å². The van der Waals surface area contributed by atoms with Crippen molar-refractivity contribution in [1.29, 1.82) is 0 Å². The van der Waals surface area contributed by atoms with Gasteiger partial charge in [-0.05, 0) is 48.8 Å². The summed E-state index contributed by atoms with van der Waals surface area (Å²) in [6.07, 6.45) is 0. The molecule has 0 aliphatic carbocycles. The zero-order valence-electron chi connectivity index (χ0n) is 18.3. The smallest absolute Gasteiger partial charge is 0.294 e. The van der Waals surface area contributed by atoms with E-state index in [-0.39, 0.29) is 29.0 Å². The van der Waals surface area contributed by atoms with E-state index in [4.69, 9.17) is 9.26 Å². The van der Waals surface area contributed by atoms with Gasteiger partial charge in [0.25, 0.3) is 21.8 Å². The fraction of sp³-hybridized carbons (Fsp3) is 0.130. The van der Waals surface area contributed by atoms with Crippen LogP contribution in [0, 0.1) is 13.8 Å². The van der Waals surface area contributed by atoms with Gasteiger partial charge in [-0.2, -0.15) is 0 Å². The van der Waals surface area contributed by atoms with Crippen molar-refractivity contribution in [2.24, 2.45) is 0 Å². The normalized spacial score (nSPS) is 11.1. The van der Waals surface area contributed by atoms with Gasteiger partial charge < -0.3 is 14.6 Å². The fourth-order valence-electron chi connectivity index (χ4n) is 3.04. The number of rotatable bonds is 8. The molecule has 11 heteroatoms. The van der Waals surface area contributed by atoms with Crippen molar-refractivity contribution in [3.63, 3.8) is 0 Å². The molecule has 0 saturated carbocycles. The number of hydrogen-bond acceptors (Lipinski definition) is 8. The Morgan fingerprint density at radius 3 is 2.44 bits per heavy atom. The lowest BCUT2D eigenvalue weighted by Crippen LogP contribution is -2.15. The number of nitrogens with one attached hydrogen (secondary N) is 2. The van der Waals surface area contributed by atoms with E-state index in [1.807, 2.05) is 30.3 Å².